The van der Waals surface area contributed by atoms with Gasteiger partial charge in [0.2, 0.25) is 0 Å². The van der Waals surface area contributed by atoms with E-state index in [9.17, 15) is 0 Å². The summed E-state index contributed by atoms with van der Waals surface area (Å²) in [5, 5.41) is 0. The molecule has 0 atom stereocenters. The normalized spacial score (nSPS) is 3.82. The van der Waals surface area contributed by atoms with E-state index in [0.717, 1.165) is 0 Å². The summed E-state index contributed by atoms with van der Waals surface area (Å²) in [6.45, 7) is 40.5. The van der Waals surface area contributed by atoms with Gasteiger partial charge in [0, 0.05) is 0 Å². The maximum absolute atomic E-state index is 2.12. The van der Waals surface area contributed by atoms with Crippen molar-refractivity contribution in [3.8, 4) is 0 Å². The van der Waals surface area contributed by atoms with Crippen molar-refractivity contribution in [2.75, 3.05) is 0 Å². The summed E-state index contributed by atoms with van der Waals surface area (Å²) >= 11 is 0. The first-order valence-corrected chi connectivity index (χ1v) is 10.8. The van der Waals surface area contributed by atoms with Crippen LogP contribution in [0.25, 0.3) is 0 Å². The lowest BCUT2D eigenvalue weighted by atomic mass is 10.6. The Labute approximate surface area is 151 Å². The molecule has 22 heavy (non-hydrogen) atoms. The van der Waals surface area contributed by atoms with Crippen LogP contribution in [0.1, 0.15) is 151 Å². The second-order valence-corrected chi connectivity index (χ2v) is 1.41. The van der Waals surface area contributed by atoms with E-state index < -0.39 is 0 Å². The largest absolute Gasteiger partial charge is 0.0683 e. The Morgan fingerprint density at radius 2 is 0.227 bits per heavy atom. The average Bonchev–Trinajstić information content (AvgIpc) is 2.69. The number of hydrogen-bond donors (Lipinski definition) is 0. The molecule has 0 rings (SSSR count). The molecule has 0 unspecified atom stereocenters. The van der Waals surface area contributed by atoms with E-state index in [1.54, 1.807) is 0 Å². The van der Waals surface area contributed by atoms with Gasteiger partial charge in [-0.1, -0.05) is 151 Å². The minimum absolute atomic E-state index is 1.25. The molecule has 0 saturated heterocycles. The standard InChI is InChI=1S/2C3H8.8C2H6/c2*1-3-2;8*1-2/h2*3H2,1-2H3;8*1-2H3. The van der Waals surface area contributed by atoms with Crippen LogP contribution in [0.5, 0.6) is 0 Å². The molecule has 0 amide bonds. The molecule has 0 aliphatic rings. The predicted octanol–water partition coefficient (Wildman–Crippen LogP) is 11.0. The molecule has 0 aromatic carbocycles. The van der Waals surface area contributed by atoms with Crippen molar-refractivity contribution in [3.63, 3.8) is 0 Å². The van der Waals surface area contributed by atoms with Gasteiger partial charge in [-0.3, -0.25) is 0 Å². The zero-order valence-corrected chi connectivity index (χ0v) is 21.4. The minimum Gasteiger partial charge on any atom is -0.0683 e. The minimum atomic E-state index is 1.25. The average molecular weight is 329 g/mol. The highest BCUT2D eigenvalue weighted by atomic mass is 13.4. The highest BCUT2D eigenvalue weighted by Gasteiger charge is 1.36. The smallest absolute Gasteiger partial charge is 0.0590 e. The second kappa shape index (κ2) is 2100. The SMILES string of the molecule is CC.CC.CC.CC.CC.CC.CC.CC.CCC.CCC. The van der Waals surface area contributed by atoms with Crippen LogP contribution in [0.15, 0.2) is 0 Å². The summed E-state index contributed by atoms with van der Waals surface area (Å²) in [6.07, 6.45) is 2.50. The Balaban J connectivity index is -0.00000000916. The van der Waals surface area contributed by atoms with Crippen molar-refractivity contribution in [2.45, 2.75) is 151 Å². The van der Waals surface area contributed by atoms with E-state index in [4.69, 9.17) is 0 Å². The molecule has 0 N–H and O–H groups in total. The third kappa shape index (κ3) is 0. The zero-order chi connectivity index (χ0) is 21.4. The van der Waals surface area contributed by atoms with E-state index in [1.807, 2.05) is 111 Å². The Hall–Kier alpha value is 0. The van der Waals surface area contributed by atoms with Crippen LogP contribution in [-0.2, 0) is 0 Å². The van der Waals surface area contributed by atoms with Gasteiger partial charge in [0.05, 0.1) is 0 Å². The molecule has 0 heteroatoms. The van der Waals surface area contributed by atoms with E-state index in [0.29, 0.717) is 0 Å². The van der Waals surface area contributed by atoms with Crippen molar-refractivity contribution in [3.05, 3.63) is 0 Å². The van der Waals surface area contributed by atoms with Crippen LogP contribution < -0.4 is 0 Å². The molecule has 0 fully saturated rings. The summed E-state index contributed by atoms with van der Waals surface area (Å²) in [5.41, 5.74) is 0. The second-order valence-electron chi connectivity index (χ2n) is 1.41. The van der Waals surface area contributed by atoms with Crippen molar-refractivity contribution < 1.29 is 0 Å². The first-order valence-electron chi connectivity index (χ1n) is 10.8. The lowest BCUT2D eigenvalue weighted by Crippen LogP contribution is -1.27. The van der Waals surface area contributed by atoms with Crippen molar-refractivity contribution in [1.82, 2.24) is 0 Å². The maximum atomic E-state index is 2.12. The third-order valence-corrected chi connectivity index (χ3v) is 0. The molecule has 0 spiro atoms. The Bertz CT molecular complexity index is 2.00. The highest BCUT2D eigenvalue weighted by Crippen LogP contribution is 1.56. The first kappa shape index (κ1) is 67.4. The monoisotopic (exact) mass is 329 g/mol. The summed E-state index contributed by atoms with van der Waals surface area (Å²) in [4.78, 5) is 0. The predicted molar refractivity (Wildman–Crippen MR) is 123 cm³/mol. The molecule has 0 radical (unpaired) electrons. The molecule has 0 heterocycles. The van der Waals surface area contributed by atoms with E-state index in [-0.39, 0.29) is 0 Å². The summed E-state index contributed by atoms with van der Waals surface area (Å²) in [5.74, 6) is 0. The van der Waals surface area contributed by atoms with Gasteiger partial charge in [0.15, 0.2) is 0 Å². The van der Waals surface area contributed by atoms with Crippen LogP contribution >= 0.6 is 0 Å². The van der Waals surface area contributed by atoms with Crippen molar-refractivity contribution >= 4 is 0 Å². The van der Waals surface area contributed by atoms with Crippen molar-refractivity contribution in [1.29, 1.82) is 0 Å². The lowest BCUT2D eigenvalue weighted by molar-refractivity contribution is 1.09. The van der Waals surface area contributed by atoms with Gasteiger partial charge in [-0.05, 0) is 0 Å². The quantitative estimate of drug-likeness (QED) is 0.414. The van der Waals surface area contributed by atoms with E-state index >= 15 is 0 Å². The molecule has 0 bridgehead atoms. The van der Waals surface area contributed by atoms with Gasteiger partial charge in [0.1, 0.15) is 0 Å². The highest BCUT2D eigenvalue weighted by molar-refractivity contribution is 3.92. The van der Waals surface area contributed by atoms with Gasteiger partial charge in [0.25, 0.3) is 0 Å². The van der Waals surface area contributed by atoms with Gasteiger partial charge in [-0.15, -0.1) is 0 Å². The van der Waals surface area contributed by atoms with Crippen LogP contribution in [0, 0.1) is 0 Å². The van der Waals surface area contributed by atoms with Crippen molar-refractivity contribution in [2.24, 2.45) is 0 Å². The summed E-state index contributed by atoms with van der Waals surface area (Å²) in [6, 6.07) is 0. The van der Waals surface area contributed by atoms with E-state index in [2.05, 4.69) is 27.7 Å². The Morgan fingerprint density at radius 1 is 0.227 bits per heavy atom. The molecule has 0 saturated carbocycles. The zero-order valence-electron chi connectivity index (χ0n) is 21.4. The van der Waals surface area contributed by atoms with Crippen LogP contribution in [0.4, 0.5) is 0 Å². The molecule has 152 valence electrons. The molecule has 0 aromatic rings. The number of hydrogen-bond acceptors (Lipinski definition) is 0. The molecule has 0 aliphatic carbocycles. The maximum Gasteiger partial charge on any atom is -0.0590 e. The fourth-order valence-electron chi connectivity index (χ4n) is 0. The Kier molecular flexibility index (Phi) is 6430. The van der Waals surface area contributed by atoms with Crippen LogP contribution in [0.3, 0.4) is 0 Å². The molecule has 0 nitrogen and oxygen atoms in total. The fraction of sp³-hybridized carbons (Fsp3) is 1.00. The van der Waals surface area contributed by atoms with Gasteiger partial charge in [-0.2, -0.15) is 0 Å². The van der Waals surface area contributed by atoms with Gasteiger partial charge >= 0.3 is 0 Å². The summed E-state index contributed by atoms with van der Waals surface area (Å²) in [7, 11) is 0. The lowest BCUT2D eigenvalue weighted by Gasteiger charge is -1.48. The fourth-order valence-corrected chi connectivity index (χ4v) is 0. The molecule has 0 aromatic heterocycles. The molecule has 0 aliphatic heterocycles. The number of rotatable bonds is 0. The van der Waals surface area contributed by atoms with Crippen LogP contribution in [-0.4, -0.2) is 0 Å². The van der Waals surface area contributed by atoms with Gasteiger partial charge < -0.3 is 0 Å². The molecular weight excluding hydrogens is 264 g/mol. The summed E-state index contributed by atoms with van der Waals surface area (Å²) < 4.78 is 0. The third-order valence-electron chi connectivity index (χ3n) is 0. The van der Waals surface area contributed by atoms with Crippen LogP contribution in [0.2, 0.25) is 0 Å². The Morgan fingerprint density at radius 3 is 0.227 bits per heavy atom. The molecular formula is C22H64. The van der Waals surface area contributed by atoms with E-state index in [1.165, 1.54) is 12.8 Å². The van der Waals surface area contributed by atoms with Gasteiger partial charge in [-0.25, -0.2) is 0 Å². The topological polar surface area (TPSA) is 0 Å². The first-order chi connectivity index (χ1) is 10.8.